The number of benzene rings is 4. The van der Waals surface area contributed by atoms with Crippen molar-refractivity contribution in [1.82, 2.24) is 15.5 Å². The van der Waals surface area contributed by atoms with Crippen LogP contribution >= 0.6 is 11.6 Å². The van der Waals surface area contributed by atoms with Crippen molar-refractivity contribution in [2.75, 3.05) is 31.5 Å². The minimum atomic E-state index is -0.744. The van der Waals surface area contributed by atoms with Gasteiger partial charge < -0.3 is 20.9 Å². The number of fused-ring (bicyclic) bond motifs is 1. The van der Waals surface area contributed by atoms with Gasteiger partial charge in [-0.15, -0.1) is 0 Å². The largest absolute Gasteiger partial charge is 0.351 e. The average molecular weight is 622 g/mol. The van der Waals surface area contributed by atoms with Crippen LogP contribution in [0.3, 0.4) is 0 Å². The lowest BCUT2D eigenvalue weighted by atomic mass is 9.89. The zero-order valence-electron chi connectivity index (χ0n) is 25.3. The Labute approximate surface area is 268 Å². The highest BCUT2D eigenvalue weighted by molar-refractivity contribution is 6.30. The first-order chi connectivity index (χ1) is 21.9. The standard InChI is InChI=1S/C36H36ClN5O3/c1-3-42(4-2)20-19-38-34(43)26-13-16-29(17-14-26)40-33(25-10-6-5-7-11-25)32-30-22-27(15-18-31(30)41-36(32)45)35(44)39-23-24-9-8-12-28(37)21-24/h5-18,21-22,32H,3-4,19-20,23H2,1-2H3,(H,38,43)(H,39,44)(H,41,45). The third-order valence-corrected chi connectivity index (χ3v) is 8.05. The van der Waals surface area contributed by atoms with E-state index in [9.17, 15) is 14.4 Å². The average Bonchev–Trinajstić information content (AvgIpc) is 3.39. The number of aliphatic imine (C=N–C) groups is 1. The van der Waals surface area contributed by atoms with Crippen LogP contribution in [0.4, 0.5) is 11.4 Å². The maximum absolute atomic E-state index is 13.4. The molecule has 9 heteroatoms. The molecule has 0 aliphatic carbocycles. The van der Waals surface area contributed by atoms with Crippen molar-refractivity contribution < 1.29 is 14.4 Å². The predicted molar refractivity (Wildman–Crippen MR) is 180 cm³/mol. The second kappa shape index (κ2) is 14.8. The molecule has 0 fully saturated rings. The van der Waals surface area contributed by atoms with Gasteiger partial charge in [0.1, 0.15) is 5.92 Å². The van der Waals surface area contributed by atoms with Crippen molar-refractivity contribution >= 4 is 46.4 Å². The molecule has 3 amide bonds. The lowest BCUT2D eigenvalue weighted by molar-refractivity contribution is -0.115. The van der Waals surface area contributed by atoms with E-state index in [1.165, 1.54) is 0 Å². The van der Waals surface area contributed by atoms with Gasteiger partial charge in [-0.1, -0.05) is 67.9 Å². The summed E-state index contributed by atoms with van der Waals surface area (Å²) in [7, 11) is 0. The van der Waals surface area contributed by atoms with E-state index in [1.54, 1.807) is 54.6 Å². The van der Waals surface area contributed by atoms with Crippen molar-refractivity contribution in [3.05, 3.63) is 130 Å². The molecule has 4 aromatic rings. The predicted octanol–water partition coefficient (Wildman–Crippen LogP) is 6.20. The number of likely N-dealkylation sites (N-methyl/N-ethyl adjacent to an activating group) is 1. The van der Waals surface area contributed by atoms with Gasteiger partial charge in [-0.2, -0.15) is 0 Å². The van der Waals surface area contributed by atoms with E-state index in [2.05, 4.69) is 34.7 Å². The van der Waals surface area contributed by atoms with Crippen molar-refractivity contribution in [3.8, 4) is 0 Å². The van der Waals surface area contributed by atoms with Crippen LogP contribution in [-0.2, 0) is 11.3 Å². The maximum atomic E-state index is 13.4. The SMILES string of the molecule is CCN(CC)CCNC(=O)c1ccc(N=C(c2ccccc2)C2C(=O)Nc3ccc(C(=O)NCc4cccc(Cl)c4)cc32)cc1. The number of nitrogens with zero attached hydrogens (tertiary/aromatic N) is 2. The van der Waals surface area contributed by atoms with E-state index in [-0.39, 0.29) is 17.7 Å². The Morgan fingerprint density at radius 2 is 1.53 bits per heavy atom. The molecule has 0 radical (unpaired) electrons. The third kappa shape index (κ3) is 7.84. The van der Waals surface area contributed by atoms with Crippen molar-refractivity contribution in [3.63, 3.8) is 0 Å². The summed E-state index contributed by atoms with van der Waals surface area (Å²) in [5.74, 6) is -1.38. The van der Waals surface area contributed by atoms with Gasteiger partial charge in [-0.25, -0.2) is 0 Å². The molecule has 5 rings (SSSR count). The topological polar surface area (TPSA) is 103 Å². The third-order valence-electron chi connectivity index (χ3n) is 7.82. The highest BCUT2D eigenvalue weighted by atomic mass is 35.5. The highest BCUT2D eigenvalue weighted by Gasteiger charge is 2.36. The van der Waals surface area contributed by atoms with Crippen LogP contribution in [0.15, 0.2) is 102 Å². The van der Waals surface area contributed by atoms with E-state index in [0.29, 0.717) is 51.9 Å². The van der Waals surface area contributed by atoms with Crippen LogP contribution in [0, 0.1) is 0 Å². The van der Waals surface area contributed by atoms with Gasteiger partial charge in [0.15, 0.2) is 0 Å². The number of halogens is 1. The van der Waals surface area contributed by atoms with E-state index in [0.717, 1.165) is 30.8 Å². The van der Waals surface area contributed by atoms with Gasteiger partial charge in [0.2, 0.25) is 5.91 Å². The number of nitrogens with one attached hydrogen (secondary N) is 3. The summed E-state index contributed by atoms with van der Waals surface area (Å²) < 4.78 is 0. The summed E-state index contributed by atoms with van der Waals surface area (Å²) in [6, 6.07) is 29.0. The number of carbonyl (C=O) groups excluding carboxylic acids is 3. The van der Waals surface area contributed by atoms with Gasteiger partial charge in [0.25, 0.3) is 11.8 Å². The summed E-state index contributed by atoms with van der Waals surface area (Å²) in [5, 5.41) is 9.45. The summed E-state index contributed by atoms with van der Waals surface area (Å²) in [6.45, 7) is 7.74. The molecule has 1 heterocycles. The van der Waals surface area contributed by atoms with Crippen LogP contribution in [0.2, 0.25) is 5.02 Å². The smallest absolute Gasteiger partial charge is 0.251 e. The molecule has 1 aliphatic heterocycles. The van der Waals surface area contributed by atoms with Crippen LogP contribution in [0.25, 0.3) is 0 Å². The Morgan fingerprint density at radius 3 is 2.24 bits per heavy atom. The molecule has 1 aliphatic rings. The molecule has 1 atom stereocenters. The molecule has 45 heavy (non-hydrogen) atoms. The van der Waals surface area contributed by atoms with E-state index in [4.69, 9.17) is 16.6 Å². The highest BCUT2D eigenvalue weighted by Crippen LogP contribution is 2.37. The van der Waals surface area contributed by atoms with Crippen LogP contribution in [0.5, 0.6) is 0 Å². The molecule has 0 spiro atoms. The number of anilines is 1. The first kappa shape index (κ1) is 31.6. The molecule has 0 bridgehead atoms. The fraction of sp³-hybridized carbons (Fsp3) is 0.222. The fourth-order valence-electron chi connectivity index (χ4n) is 5.31. The van der Waals surface area contributed by atoms with Crippen LogP contribution in [-0.4, -0.2) is 54.5 Å². The molecule has 4 aromatic carbocycles. The molecule has 0 saturated carbocycles. The van der Waals surface area contributed by atoms with Gasteiger partial charge in [-0.05, 0) is 84.4 Å². The zero-order chi connectivity index (χ0) is 31.8. The first-order valence-corrected chi connectivity index (χ1v) is 15.5. The molecule has 0 saturated heterocycles. The Morgan fingerprint density at radius 1 is 0.822 bits per heavy atom. The van der Waals surface area contributed by atoms with Crippen LogP contribution in [0.1, 0.15) is 57.2 Å². The molecular formula is C36H36ClN5O3. The fourth-order valence-corrected chi connectivity index (χ4v) is 5.52. The Hall–Kier alpha value is -4.79. The second-order valence-corrected chi connectivity index (χ2v) is 11.2. The van der Waals surface area contributed by atoms with E-state index in [1.807, 2.05) is 42.5 Å². The molecule has 230 valence electrons. The number of hydrogen-bond donors (Lipinski definition) is 3. The number of hydrogen-bond acceptors (Lipinski definition) is 5. The van der Waals surface area contributed by atoms with Crippen molar-refractivity contribution in [1.29, 1.82) is 0 Å². The molecule has 3 N–H and O–H groups in total. The van der Waals surface area contributed by atoms with E-state index < -0.39 is 5.92 Å². The van der Waals surface area contributed by atoms with E-state index >= 15 is 0 Å². The van der Waals surface area contributed by atoms with Crippen LogP contribution < -0.4 is 16.0 Å². The summed E-state index contributed by atoms with van der Waals surface area (Å²) >= 11 is 6.09. The number of rotatable bonds is 12. The lowest BCUT2D eigenvalue weighted by Crippen LogP contribution is -2.34. The van der Waals surface area contributed by atoms with Gasteiger partial charge in [-0.3, -0.25) is 19.4 Å². The lowest BCUT2D eigenvalue weighted by Gasteiger charge is -2.18. The quantitative estimate of drug-likeness (QED) is 0.164. The summed E-state index contributed by atoms with van der Waals surface area (Å²) in [4.78, 5) is 46.5. The Kier molecular flexibility index (Phi) is 10.4. The van der Waals surface area contributed by atoms with Gasteiger partial charge >= 0.3 is 0 Å². The zero-order valence-corrected chi connectivity index (χ0v) is 26.1. The molecular weight excluding hydrogens is 586 g/mol. The van der Waals surface area contributed by atoms with Gasteiger partial charge in [0.05, 0.1) is 11.4 Å². The van der Waals surface area contributed by atoms with Crippen molar-refractivity contribution in [2.24, 2.45) is 4.99 Å². The van der Waals surface area contributed by atoms with Crippen molar-refractivity contribution in [2.45, 2.75) is 26.3 Å². The number of carbonyl (C=O) groups is 3. The Balaban J connectivity index is 1.39. The second-order valence-electron chi connectivity index (χ2n) is 10.7. The van der Waals surface area contributed by atoms with Gasteiger partial charge in [0, 0.05) is 41.5 Å². The normalized spacial score (nSPS) is 14.2. The molecule has 1 unspecified atom stereocenters. The monoisotopic (exact) mass is 621 g/mol. The molecule has 8 nitrogen and oxygen atoms in total. The first-order valence-electron chi connectivity index (χ1n) is 15.1. The number of amides is 3. The maximum Gasteiger partial charge on any atom is 0.251 e. The molecule has 0 aromatic heterocycles. The minimum Gasteiger partial charge on any atom is -0.351 e. The summed E-state index contributed by atoms with van der Waals surface area (Å²) in [6.07, 6.45) is 0. The minimum absolute atomic E-state index is 0.147. The summed E-state index contributed by atoms with van der Waals surface area (Å²) in [5.41, 5.74) is 5.07. The Bertz CT molecular complexity index is 1700.